The van der Waals surface area contributed by atoms with Gasteiger partial charge in [-0.25, -0.2) is 4.39 Å². The Balaban J connectivity index is 1.81. The van der Waals surface area contributed by atoms with E-state index in [1.165, 1.54) is 0 Å². The van der Waals surface area contributed by atoms with Crippen LogP contribution in [0.3, 0.4) is 0 Å². The molecular formula is C17H22FN3O. The van der Waals surface area contributed by atoms with E-state index in [1.54, 1.807) is 6.07 Å². The zero-order chi connectivity index (χ0) is 15.7. The van der Waals surface area contributed by atoms with E-state index in [0.717, 1.165) is 36.9 Å². The number of benzene rings is 1. The minimum Gasteiger partial charge on any atom is -0.361 e. The first kappa shape index (κ1) is 15.0. The van der Waals surface area contributed by atoms with Gasteiger partial charge in [0.1, 0.15) is 5.82 Å². The van der Waals surface area contributed by atoms with Crippen LogP contribution in [0.25, 0.3) is 0 Å². The van der Waals surface area contributed by atoms with E-state index in [9.17, 15) is 4.39 Å². The summed E-state index contributed by atoms with van der Waals surface area (Å²) in [5, 5.41) is 4.03. The minimum absolute atomic E-state index is 0.152. The highest BCUT2D eigenvalue weighted by Crippen LogP contribution is 2.32. The third kappa shape index (κ3) is 3.13. The van der Waals surface area contributed by atoms with Crippen LogP contribution in [-0.4, -0.2) is 16.7 Å². The van der Waals surface area contributed by atoms with Crippen LogP contribution in [0.15, 0.2) is 16.7 Å². The van der Waals surface area contributed by atoms with E-state index in [4.69, 9.17) is 4.52 Å². The summed E-state index contributed by atoms with van der Waals surface area (Å²) in [5.41, 5.74) is 2.75. The third-order valence-corrected chi connectivity index (χ3v) is 3.90. The fraction of sp³-hybridized carbons (Fsp3) is 0.529. The second-order valence-corrected chi connectivity index (χ2v) is 6.48. The van der Waals surface area contributed by atoms with E-state index in [2.05, 4.69) is 30.1 Å². The van der Waals surface area contributed by atoms with Gasteiger partial charge in [0.15, 0.2) is 5.82 Å². The molecule has 118 valence electrons. The zero-order valence-electron chi connectivity index (χ0n) is 13.4. The fourth-order valence-electron chi connectivity index (χ4n) is 3.04. The average Bonchev–Trinajstić information content (AvgIpc) is 2.84. The number of aromatic nitrogens is 2. The van der Waals surface area contributed by atoms with E-state index in [1.807, 2.05) is 11.8 Å². The summed E-state index contributed by atoms with van der Waals surface area (Å²) in [6.45, 7) is 7.47. The summed E-state index contributed by atoms with van der Waals surface area (Å²) in [5.74, 6) is 1.61. The number of anilines is 1. The van der Waals surface area contributed by atoms with Crippen molar-refractivity contribution >= 4 is 5.69 Å². The van der Waals surface area contributed by atoms with E-state index in [-0.39, 0.29) is 5.82 Å². The lowest BCUT2D eigenvalue weighted by Gasteiger charge is -2.30. The van der Waals surface area contributed by atoms with Gasteiger partial charge in [0, 0.05) is 13.0 Å². The smallest absolute Gasteiger partial charge is 0.226 e. The molecule has 0 aliphatic carbocycles. The molecule has 22 heavy (non-hydrogen) atoms. The zero-order valence-corrected chi connectivity index (χ0v) is 13.4. The summed E-state index contributed by atoms with van der Waals surface area (Å²) in [6, 6.07) is 3.67. The molecular weight excluding hydrogens is 281 g/mol. The Labute approximate surface area is 130 Å². The Morgan fingerprint density at radius 2 is 2.18 bits per heavy atom. The summed E-state index contributed by atoms with van der Waals surface area (Å²) in [4.78, 5) is 6.45. The van der Waals surface area contributed by atoms with Crippen LogP contribution in [-0.2, 0) is 19.4 Å². The van der Waals surface area contributed by atoms with Crippen molar-refractivity contribution in [1.82, 2.24) is 10.1 Å². The highest BCUT2D eigenvalue weighted by atomic mass is 19.1. The topological polar surface area (TPSA) is 42.2 Å². The van der Waals surface area contributed by atoms with Gasteiger partial charge >= 0.3 is 0 Å². The first-order valence-electron chi connectivity index (χ1n) is 7.88. The molecule has 0 saturated heterocycles. The van der Waals surface area contributed by atoms with Crippen LogP contribution >= 0.6 is 0 Å². The second kappa shape index (κ2) is 6.07. The molecule has 0 atom stereocenters. The van der Waals surface area contributed by atoms with Crippen LogP contribution in [0.2, 0.25) is 0 Å². The molecule has 0 radical (unpaired) electrons. The fourth-order valence-corrected chi connectivity index (χ4v) is 3.04. The number of hydrogen-bond donors (Lipinski definition) is 0. The van der Waals surface area contributed by atoms with Crippen LogP contribution in [0.1, 0.15) is 43.1 Å². The predicted molar refractivity (Wildman–Crippen MR) is 83.3 cm³/mol. The lowest BCUT2D eigenvalue weighted by Crippen LogP contribution is -2.30. The summed E-state index contributed by atoms with van der Waals surface area (Å²) < 4.78 is 19.6. The summed E-state index contributed by atoms with van der Waals surface area (Å²) in [6.07, 6.45) is 2.72. The molecule has 2 heterocycles. The monoisotopic (exact) mass is 303 g/mol. The van der Waals surface area contributed by atoms with E-state index < -0.39 is 0 Å². The van der Waals surface area contributed by atoms with Crippen molar-refractivity contribution in [2.24, 2.45) is 5.92 Å². The molecule has 0 N–H and O–H groups in total. The summed E-state index contributed by atoms with van der Waals surface area (Å²) >= 11 is 0. The van der Waals surface area contributed by atoms with Crippen molar-refractivity contribution in [1.29, 1.82) is 0 Å². The van der Waals surface area contributed by atoms with Crippen molar-refractivity contribution in [2.45, 2.75) is 46.6 Å². The SMILES string of the molecule is Cc1cc(F)c2c(c1)CCCN2Cc1noc(CC(C)C)n1. The normalized spacial score (nSPS) is 14.5. The highest BCUT2D eigenvalue weighted by Gasteiger charge is 2.23. The molecule has 0 amide bonds. The highest BCUT2D eigenvalue weighted by molar-refractivity contribution is 5.57. The van der Waals surface area contributed by atoms with Gasteiger partial charge in [-0.05, 0) is 42.9 Å². The lowest BCUT2D eigenvalue weighted by atomic mass is 9.99. The Morgan fingerprint density at radius 1 is 1.36 bits per heavy atom. The van der Waals surface area contributed by atoms with Gasteiger partial charge in [-0.1, -0.05) is 25.1 Å². The number of halogens is 1. The van der Waals surface area contributed by atoms with Crippen molar-refractivity contribution in [3.05, 3.63) is 40.8 Å². The molecule has 0 fully saturated rings. The first-order chi connectivity index (χ1) is 10.5. The Morgan fingerprint density at radius 3 is 2.95 bits per heavy atom. The Kier molecular flexibility index (Phi) is 4.14. The molecule has 4 nitrogen and oxygen atoms in total. The van der Waals surface area contributed by atoms with Crippen molar-refractivity contribution in [3.8, 4) is 0 Å². The average molecular weight is 303 g/mol. The van der Waals surface area contributed by atoms with Crippen molar-refractivity contribution < 1.29 is 8.91 Å². The van der Waals surface area contributed by atoms with E-state index in [0.29, 0.717) is 29.9 Å². The number of hydrogen-bond acceptors (Lipinski definition) is 4. The second-order valence-electron chi connectivity index (χ2n) is 6.48. The third-order valence-electron chi connectivity index (χ3n) is 3.90. The van der Waals surface area contributed by atoms with Crippen LogP contribution in [0, 0.1) is 18.7 Å². The van der Waals surface area contributed by atoms with Crippen LogP contribution in [0.4, 0.5) is 10.1 Å². The van der Waals surface area contributed by atoms with Crippen LogP contribution in [0.5, 0.6) is 0 Å². The molecule has 0 saturated carbocycles. The quantitative estimate of drug-likeness (QED) is 0.864. The molecule has 1 aliphatic rings. The molecule has 0 bridgehead atoms. The predicted octanol–water partition coefficient (Wildman–Crippen LogP) is 3.67. The van der Waals surface area contributed by atoms with Crippen LogP contribution < -0.4 is 4.90 Å². The van der Waals surface area contributed by atoms with Gasteiger partial charge in [0.05, 0.1) is 12.2 Å². The molecule has 0 spiro atoms. The van der Waals surface area contributed by atoms with Gasteiger partial charge in [-0.15, -0.1) is 0 Å². The van der Waals surface area contributed by atoms with Gasteiger partial charge in [-0.2, -0.15) is 4.98 Å². The Hall–Kier alpha value is -1.91. The van der Waals surface area contributed by atoms with Gasteiger partial charge in [0.25, 0.3) is 0 Å². The Bertz CT molecular complexity index is 666. The van der Waals surface area contributed by atoms with Gasteiger partial charge < -0.3 is 9.42 Å². The number of rotatable bonds is 4. The minimum atomic E-state index is -0.152. The number of fused-ring (bicyclic) bond motifs is 1. The van der Waals surface area contributed by atoms with Crippen molar-refractivity contribution in [2.75, 3.05) is 11.4 Å². The lowest BCUT2D eigenvalue weighted by molar-refractivity contribution is 0.358. The molecule has 2 aromatic rings. The molecule has 1 aliphatic heterocycles. The number of aryl methyl sites for hydroxylation is 2. The largest absolute Gasteiger partial charge is 0.361 e. The molecule has 1 aromatic heterocycles. The molecule has 5 heteroatoms. The van der Waals surface area contributed by atoms with Crippen molar-refractivity contribution in [3.63, 3.8) is 0 Å². The van der Waals surface area contributed by atoms with Gasteiger partial charge in [0.2, 0.25) is 5.89 Å². The van der Waals surface area contributed by atoms with E-state index >= 15 is 0 Å². The molecule has 3 rings (SSSR count). The maximum Gasteiger partial charge on any atom is 0.226 e. The first-order valence-corrected chi connectivity index (χ1v) is 7.88. The summed E-state index contributed by atoms with van der Waals surface area (Å²) in [7, 11) is 0. The maximum atomic E-state index is 14.4. The molecule has 1 aromatic carbocycles. The van der Waals surface area contributed by atoms with Gasteiger partial charge in [-0.3, -0.25) is 0 Å². The standard InChI is InChI=1S/C17H22FN3O/c1-11(2)7-16-19-15(20-22-16)10-21-6-4-5-13-8-12(3)9-14(18)17(13)21/h8-9,11H,4-7,10H2,1-3H3. The maximum absolute atomic E-state index is 14.4. The molecule has 0 unspecified atom stereocenters. The number of nitrogens with zero attached hydrogens (tertiary/aromatic N) is 3.